The van der Waals surface area contributed by atoms with Gasteiger partial charge in [0.2, 0.25) is 0 Å². The Morgan fingerprint density at radius 2 is 1.89 bits per heavy atom. The number of benzene rings is 1. The summed E-state index contributed by atoms with van der Waals surface area (Å²) in [6.07, 6.45) is 1.36. The fourth-order valence-electron chi connectivity index (χ4n) is 2.01. The van der Waals surface area contributed by atoms with Gasteiger partial charge in [-0.15, -0.1) is 0 Å². The van der Waals surface area contributed by atoms with Crippen molar-refractivity contribution in [2.45, 2.75) is 32.8 Å². The highest BCUT2D eigenvalue weighted by Crippen LogP contribution is 2.39. The third-order valence-electron chi connectivity index (χ3n) is 3.34. The van der Waals surface area contributed by atoms with Crippen molar-refractivity contribution in [3.63, 3.8) is 0 Å². The lowest BCUT2D eigenvalue weighted by Crippen LogP contribution is -2.16. The highest BCUT2D eigenvalue weighted by Gasteiger charge is 2.20. The molecule has 0 spiro atoms. The van der Waals surface area contributed by atoms with E-state index in [1.165, 1.54) is 0 Å². The third-order valence-corrected chi connectivity index (χ3v) is 4.03. The fourth-order valence-corrected chi connectivity index (χ4v) is 2.60. The van der Waals surface area contributed by atoms with Gasteiger partial charge in [0.1, 0.15) is 13.2 Å². The molecule has 1 aliphatic rings. The first-order chi connectivity index (χ1) is 8.61. The van der Waals surface area contributed by atoms with E-state index in [9.17, 15) is 5.11 Å². The van der Waals surface area contributed by atoms with Gasteiger partial charge in [0.15, 0.2) is 11.5 Å². The summed E-state index contributed by atoms with van der Waals surface area (Å²) in [5.41, 5.74) is 0.875. The van der Waals surface area contributed by atoms with Crippen LogP contribution in [0.4, 0.5) is 0 Å². The molecule has 1 N–H and O–H groups in total. The Bertz CT molecular complexity index is 420. The number of aliphatic hydroxyl groups is 1. The van der Waals surface area contributed by atoms with Crippen LogP contribution in [-0.2, 0) is 0 Å². The zero-order chi connectivity index (χ0) is 13.1. The van der Waals surface area contributed by atoms with Gasteiger partial charge in [0.25, 0.3) is 0 Å². The molecule has 0 aromatic heterocycles. The predicted octanol–water partition coefficient (Wildman–Crippen LogP) is 3.69. The molecule has 18 heavy (non-hydrogen) atoms. The smallest absolute Gasteiger partial charge is 0.162 e. The molecule has 0 radical (unpaired) electrons. The average molecular weight is 315 g/mol. The van der Waals surface area contributed by atoms with Crippen LogP contribution < -0.4 is 9.47 Å². The van der Waals surface area contributed by atoms with Crippen LogP contribution in [0.1, 0.15) is 38.4 Å². The van der Waals surface area contributed by atoms with Crippen molar-refractivity contribution in [1.29, 1.82) is 0 Å². The van der Waals surface area contributed by atoms with Crippen molar-refractivity contribution in [3.05, 3.63) is 22.2 Å². The highest BCUT2D eigenvalue weighted by molar-refractivity contribution is 9.10. The van der Waals surface area contributed by atoms with E-state index in [-0.39, 0.29) is 0 Å². The minimum Gasteiger partial charge on any atom is -0.486 e. The van der Waals surface area contributed by atoms with Crippen molar-refractivity contribution in [3.8, 4) is 11.5 Å². The summed E-state index contributed by atoms with van der Waals surface area (Å²) in [5, 5.41) is 10.3. The van der Waals surface area contributed by atoms with Crippen LogP contribution in [0.15, 0.2) is 16.6 Å². The molecular formula is C14H19BrO3. The lowest BCUT2D eigenvalue weighted by atomic mass is 9.96. The summed E-state index contributed by atoms with van der Waals surface area (Å²) in [6.45, 7) is 5.43. The molecule has 0 fully saturated rings. The summed E-state index contributed by atoms with van der Waals surface area (Å²) >= 11 is 3.49. The van der Waals surface area contributed by atoms with Gasteiger partial charge in [-0.2, -0.15) is 0 Å². The van der Waals surface area contributed by atoms with E-state index in [2.05, 4.69) is 29.8 Å². The minimum absolute atomic E-state index is 0.467. The molecule has 0 amide bonds. The van der Waals surface area contributed by atoms with Gasteiger partial charge in [0, 0.05) is 4.47 Å². The second-order valence-corrected chi connectivity index (χ2v) is 5.64. The lowest BCUT2D eigenvalue weighted by Gasteiger charge is -2.22. The van der Waals surface area contributed by atoms with Crippen LogP contribution in [-0.4, -0.2) is 18.3 Å². The van der Waals surface area contributed by atoms with Crippen molar-refractivity contribution in [1.82, 2.24) is 0 Å². The summed E-state index contributed by atoms with van der Waals surface area (Å²) in [7, 11) is 0. The zero-order valence-electron chi connectivity index (χ0n) is 10.8. The zero-order valence-corrected chi connectivity index (χ0v) is 12.4. The van der Waals surface area contributed by atoms with Gasteiger partial charge < -0.3 is 14.6 Å². The monoisotopic (exact) mass is 314 g/mol. The molecule has 1 heterocycles. The molecule has 3 nitrogen and oxygen atoms in total. The molecule has 0 bridgehead atoms. The van der Waals surface area contributed by atoms with Crippen LogP contribution in [0.3, 0.4) is 0 Å². The average Bonchev–Trinajstić information content (AvgIpc) is 2.37. The summed E-state index contributed by atoms with van der Waals surface area (Å²) in [5.74, 6) is 1.97. The van der Waals surface area contributed by atoms with E-state index in [1.54, 1.807) is 0 Å². The van der Waals surface area contributed by atoms with Gasteiger partial charge >= 0.3 is 0 Å². The number of hydrogen-bond donors (Lipinski definition) is 1. The summed E-state index contributed by atoms with van der Waals surface area (Å²) < 4.78 is 11.9. The molecule has 2 unspecified atom stereocenters. The maximum absolute atomic E-state index is 10.3. The van der Waals surface area contributed by atoms with Crippen LogP contribution >= 0.6 is 15.9 Å². The number of rotatable bonds is 4. The largest absolute Gasteiger partial charge is 0.486 e. The Morgan fingerprint density at radius 1 is 1.28 bits per heavy atom. The number of fused-ring (bicyclic) bond motifs is 1. The molecule has 0 saturated heterocycles. The first-order valence-electron chi connectivity index (χ1n) is 6.39. The number of halogens is 1. The van der Waals surface area contributed by atoms with E-state index in [1.807, 2.05) is 12.1 Å². The van der Waals surface area contributed by atoms with E-state index in [0.29, 0.717) is 19.1 Å². The first-order valence-corrected chi connectivity index (χ1v) is 7.18. The molecule has 0 aliphatic carbocycles. The van der Waals surface area contributed by atoms with Crippen molar-refractivity contribution in [2.75, 3.05) is 13.2 Å². The van der Waals surface area contributed by atoms with Gasteiger partial charge in [-0.3, -0.25) is 0 Å². The highest BCUT2D eigenvalue weighted by atomic mass is 79.9. The second-order valence-electron chi connectivity index (χ2n) is 4.78. The van der Waals surface area contributed by atoms with E-state index in [4.69, 9.17) is 9.47 Å². The van der Waals surface area contributed by atoms with Crippen LogP contribution in [0.2, 0.25) is 0 Å². The molecule has 1 aliphatic heterocycles. The molecule has 1 aromatic rings. The van der Waals surface area contributed by atoms with Crippen LogP contribution in [0.5, 0.6) is 11.5 Å². The molecular weight excluding hydrogens is 296 g/mol. The Labute approximate surface area is 116 Å². The van der Waals surface area contributed by atoms with E-state index in [0.717, 1.165) is 34.4 Å². The minimum atomic E-state index is -0.467. The topological polar surface area (TPSA) is 38.7 Å². The van der Waals surface area contributed by atoms with Crippen LogP contribution in [0.25, 0.3) is 0 Å². The number of ether oxygens (including phenoxy) is 2. The summed E-state index contributed by atoms with van der Waals surface area (Å²) in [6, 6.07) is 3.76. The fraction of sp³-hybridized carbons (Fsp3) is 0.571. The predicted molar refractivity (Wildman–Crippen MR) is 74.2 cm³/mol. The Morgan fingerprint density at radius 3 is 2.50 bits per heavy atom. The Balaban J connectivity index is 2.22. The Hall–Kier alpha value is -0.740. The van der Waals surface area contributed by atoms with Crippen LogP contribution in [0, 0.1) is 5.92 Å². The Kier molecular flexibility index (Phi) is 4.51. The number of hydrogen-bond acceptors (Lipinski definition) is 3. The van der Waals surface area contributed by atoms with Gasteiger partial charge in [-0.1, -0.05) is 36.2 Å². The van der Waals surface area contributed by atoms with E-state index >= 15 is 0 Å². The second kappa shape index (κ2) is 5.93. The van der Waals surface area contributed by atoms with Gasteiger partial charge in [-0.05, 0) is 30.0 Å². The SMILES string of the molecule is CCC(C)CC(O)c1cc2c(cc1Br)OCCO2. The molecule has 100 valence electrons. The quantitative estimate of drug-likeness (QED) is 0.921. The summed E-state index contributed by atoms with van der Waals surface area (Å²) in [4.78, 5) is 0. The maximum Gasteiger partial charge on any atom is 0.162 e. The van der Waals surface area contributed by atoms with Crippen molar-refractivity contribution < 1.29 is 14.6 Å². The molecule has 2 rings (SSSR count). The van der Waals surface area contributed by atoms with Gasteiger partial charge in [-0.25, -0.2) is 0 Å². The molecule has 2 atom stereocenters. The number of aliphatic hydroxyl groups excluding tert-OH is 1. The lowest BCUT2D eigenvalue weighted by molar-refractivity contribution is 0.142. The van der Waals surface area contributed by atoms with Gasteiger partial charge in [0.05, 0.1) is 6.10 Å². The van der Waals surface area contributed by atoms with E-state index < -0.39 is 6.10 Å². The normalized spacial score (nSPS) is 17.3. The van der Waals surface area contributed by atoms with Crippen molar-refractivity contribution in [2.24, 2.45) is 5.92 Å². The standard InChI is InChI=1S/C14H19BrO3/c1-3-9(2)6-12(16)10-7-13-14(8-11(10)15)18-5-4-17-13/h7-9,12,16H,3-6H2,1-2H3. The maximum atomic E-state index is 10.3. The van der Waals surface area contributed by atoms with Crippen molar-refractivity contribution >= 4 is 15.9 Å². The third kappa shape index (κ3) is 2.98. The molecule has 1 aromatic carbocycles. The molecule has 0 saturated carbocycles. The first kappa shape index (κ1) is 13.7. The molecule has 4 heteroatoms.